The van der Waals surface area contributed by atoms with Crippen LogP contribution in [0.15, 0.2) is 48.5 Å². The number of carbonyl (C=O) groups is 2. The molecule has 2 atom stereocenters. The van der Waals surface area contributed by atoms with Crippen LogP contribution in [0.1, 0.15) is 48.8 Å². The van der Waals surface area contributed by atoms with Gasteiger partial charge in [0.25, 0.3) is 0 Å². The van der Waals surface area contributed by atoms with E-state index in [9.17, 15) is 9.59 Å². The average molecular weight is 362 g/mol. The summed E-state index contributed by atoms with van der Waals surface area (Å²) in [5, 5.41) is 3.01. The zero-order valence-electron chi connectivity index (χ0n) is 15.9. The Balaban J connectivity index is 1.35. The third kappa shape index (κ3) is 3.36. The van der Waals surface area contributed by atoms with Crippen LogP contribution in [0, 0.1) is 5.92 Å². The molecular weight excluding hydrogens is 336 g/mol. The summed E-state index contributed by atoms with van der Waals surface area (Å²) in [5.74, 6) is 0.0550. The molecule has 0 radical (unpaired) electrons. The van der Waals surface area contributed by atoms with Crippen molar-refractivity contribution in [2.45, 2.75) is 38.5 Å². The van der Waals surface area contributed by atoms with E-state index in [1.54, 1.807) is 4.90 Å². The Hall–Kier alpha value is -2.62. The highest BCUT2D eigenvalue weighted by Gasteiger charge is 2.38. The minimum Gasteiger partial charge on any atom is -0.355 e. The number of carbonyl (C=O) groups excluding carboxylic acids is 2. The van der Waals surface area contributed by atoms with Gasteiger partial charge in [0.05, 0.1) is 0 Å². The molecule has 1 fully saturated rings. The molecule has 2 amide bonds. The van der Waals surface area contributed by atoms with Gasteiger partial charge in [0, 0.05) is 24.7 Å². The quantitative estimate of drug-likeness (QED) is 0.826. The largest absolute Gasteiger partial charge is 0.355 e. The summed E-state index contributed by atoms with van der Waals surface area (Å²) in [6, 6.07) is 16.4. The molecule has 1 saturated heterocycles. The van der Waals surface area contributed by atoms with Crippen molar-refractivity contribution < 1.29 is 9.59 Å². The summed E-state index contributed by atoms with van der Waals surface area (Å²) in [6.07, 6.45) is 1.58. The molecule has 2 aromatic rings. The highest BCUT2D eigenvalue weighted by molar-refractivity contribution is 6.09. The van der Waals surface area contributed by atoms with Crippen molar-refractivity contribution >= 4 is 17.5 Å². The Bertz CT molecular complexity index is 857. The number of amides is 2. The number of benzene rings is 2. The lowest BCUT2D eigenvalue weighted by Gasteiger charge is -2.30. The van der Waals surface area contributed by atoms with Gasteiger partial charge in [-0.3, -0.25) is 9.59 Å². The van der Waals surface area contributed by atoms with Crippen LogP contribution >= 0.6 is 0 Å². The number of hydrogen-bond acceptors (Lipinski definition) is 2. The number of fused-ring (bicyclic) bond motifs is 1. The van der Waals surface area contributed by atoms with Gasteiger partial charge in [0.2, 0.25) is 11.8 Å². The maximum atomic E-state index is 12.8. The summed E-state index contributed by atoms with van der Waals surface area (Å²) in [6.45, 7) is 5.51. The second-order valence-corrected chi connectivity index (χ2v) is 7.92. The Kier molecular flexibility index (Phi) is 4.73. The average Bonchev–Trinajstić information content (AvgIpc) is 3.04. The van der Waals surface area contributed by atoms with E-state index in [-0.39, 0.29) is 11.8 Å². The van der Waals surface area contributed by atoms with Gasteiger partial charge in [-0.05, 0) is 47.6 Å². The molecular formula is C23H26N2O2. The Morgan fingerprint density at radius 3 is 2.59 bits per heavy atom. The van der Waals surface area contributed by atoms with E-state index in [0.717, 1.165) is 12.1 Å². The summed E-state index contributed by atoms with van der Waals surface area (Å²) >= 11 is 0. The fraction of sp³-hybridized carbons (Fsp3) is 0.391. The van der Waals surface area contributed by atoms with Gasteiger partial charge in [-0.1, -0.05) is 50.2 Å². The van der Waals surface area contributed by atoms with E-state index < -0.39 is 5.92 Å². The first-order chi connectivity index (χ1) is 13.0. The van der Waals surface area contributed by atoms with E-state index >= 15 is 0 Å². The number of rotatable bonds is 5. The SMILES string of the molecule is CC(C)c1ccc(N2CC[C@H](C(=O)NC[C@@H]3Cc4ccccc43)C2=O)cc1. The molecule has 1 aliphatic heterocycles. The van der Waals surface area contributed by atoms with Crippen molar-refractivity contribution in [3.63, 3.8) is 0 Å². The lowest BCUT2D eigenvalue weighted by Crippen LogP contribution is -2.40. The van der Waals surface area contributed by atoms with Gasteiger partial charge in [-0.15, -0.1) is 0 Å². The number of nitrogens with one attached hydrogen (secondary N) is 1. The fourth-order valence-electron chi connectivity index (χ4n) is 4.11. The summed E-state index contributed by atoms with van der Waals surface area (Å²) in [4.78, 5) is 27.1. The number of anilines is 1. The Morgan fingerprint density at radius 2 is 1.89 bits per heavy atom. The second kappa shape index (κ2) is 7.18. The van der Waals surface area contributed by atoms with Crippen LogP contribution in [0.2, 0.25) is 0 Å². The lowest BCUT2D eigenvalue weighted by atomic mass is 9.77. The topological polar surface area (TPSA) is 49.4 Å². The molecule has 4 heteroatoms. The van der Waals surface area contributed by atoms with Gasteiger partial charge in [-0.2, -0.15) is 0 Å². The van der Waals surface area contributed by atoms with E-state index in [4.69, 9.17) is 0 Å². The first-order valence-electron chi connectivity index (χ1n) is 9.81. The van der Waals surface area contributed by atoms with Crippen molar-refractivity contribution in [3.05, 3.63) is 65.2 Å². The summed E-state index contributed by atoms with van der Waals surface area (Å²) < 4.78 is 0. The smallest absolute Gasteiger partial charge is 0.239 e. The van der Waals surface area contributed by atoms with Crippen LogP contribution in [0.5, 0.6) is 0 Å². The molecule has 0 aromatic heterocycles. The molecule has 2 aromatic carbocycles. The molecule has 4 nitrogen and oxygen atoms in total. The Labute approximate surface area is 160 Å². The van der Waals surface area contributed by atoms with Crippen molar-refractivity contribution in [3.8, 4) is 0 Å². The van der Waals surface area contributed by atoms with Crippen LogP contribution in [-0.2, 0) is 16.0 Å². The molecule has 0 unspecified atom stereocenters. The highest BCUT2D eigenvalue weighted by Crippen LogP contribution is 2.34. The van der Waals surface area contributed by atoms with Crippen LogP contribution in [0.4, 0.5) is 5.69 Å². The molecule has 1 aliphatic carbocycles. The van der Waals surface area contributed by atoms with Crippen LogP contribution in [-0.4, -0.2) is 24.9 Å². The maximum absolute atomic E-state index is 12.8. The first kappa shape index (κ1) is 17.8. The van der Waals surface area contributed by atoms with E-state index in [0.29, 0.717) is 31.3 Å². The minimum atomic E-state index is -0.565. The molecule has 140 valence electrons. The highest BCUT2D eigenvalue weighted by atomic mass is 16.2. The summed E-state index contributed by atoms with van der Waals surface area (Å²) in [7, 11) is 0. The van der Waals surface area contributed by atoms with Crippen LogP contribution in [0.3, 0.4) is 0 Å². The van der Waals surface area contributed by atoms with Crippen LogP contribution in [0.25, 0.3) is 0 Å². The molecule has 0 spiro atoms. The first-order valence-corrected chi connectivity index (χ1v) is 9.81. The van der Waals surface area contributed by atoms with Crippen molar-refractivity contribution in [2.24, 2.45) is 5.92 Å². The molecule has 4 rings (SSSR count). The Morgan fingerprint density at radius 1 is 1.15 bits per heavy atom. The minimum absolute atomic E-state index is 0.0844. The zero-order valence-corrected chi connectivity index (χ0v) is 15.9. The molecule has 27 heavy (non-hydrogen) atoms. The predicted molar refractivity (Wildman–Crippen MR) is 107 cm³/mol. The van der Waals surface area contributed by atoms with Crippen molar-refractivity contribution in [2.75, 3.05) is 18.0 Å². The second-order valence-electron chi connectivity index (χ2n) is 7.92. The van der Waals surface area contributed by atoms with Gasteiger partial charge in [0.15, 0.2) is 0 Å². The zero-order chi connectivity index (χ0) is 19.0. The predicted octanol–water partition coefficient (Wildman–Crippen LogP) is 3.62. The molecule has 1 N–H and O–H groups in total. The lowest BCUT2D eigenvalue weighted by molar-refractivity contribution is -0.132. The van der Waals surface area contributed by atoms with Gasteiger partial charge in [-0.25, -0.2) is 0 Å². The fourth-order valence-corrected chi connectivity index (χ4v) is 4.11. The van der Waals surface area contributed by atoms with Crippen molar-refractivity contribution in [1.82, 2.24) is 5.32 Å². The molecule has 1 heterocycles. The van der Waals surface area contributed by atoms with E-state index in [2.05, 4.69) is 43.4 Å². The van der Waals surface area contributed by atoms with E-state index in [1.807, 2.05) is 24.3 Å². The summed E-state index contributed by atoms with van der Waals surface area (Å²) in [5.41, 5.74) is 4.82. The van der Waals surface area contributed by atoms with Gasteiger partial charge in [0.1, 0.15) is 5.92 Å². The number of hydrogen-bond donors (Lipinski definition) is 1. The maximum Gasteiger partial charge on any atom is 0.239 e. The van der Waals surface area contributed by atoms with Crippen LogP contribution < -0.4 is 10.2 Å². The van der Waals surface area contributed by atoms with E-state index in [1.165, 1.54) is 16.7 Å². The third-order valence-corrected chi connectivity index (χ3v) is 5.88. The monoisotopic (exact) mass is 362 g/mol. The molecule has 0 saturated carbocycles. The van der Waals surface area contributed by atoms with Gasteiger partial charge >= 0.3 is 0 Å². The molecule has 0 bridgehead atoms. The number of nitrogens with zero attached hydrogens (tertiary/aromatic N) is 1. The standard InChI is InChI=1S/C23H26N2O2/c1-15(2)16-7-9-19(10-8-16)25-12-11-21(23(25)27)22(26)24-14-18-13-17-5-3-4-6-20(17)18/h3-10,15,18,21H,11-14H2,1-2H3,(H,24,26)/t18-,21+/m0/s1. The van der Waals surface area contributed by atoms with Crippen molar-refractivity contribution in [1.29, 1.82) is 0 Å². The molecule has 2 aliphatic rings. The third-order valence-electron chi connectivity index (χ3n) is 5.88. The normalized spacial score (nSPS) is 21.1. The van der Waals surface area contributed by atoms with Gasteiger partial charge < -0.3 is 10.2 Å².